The minimum absolute atomic E-state index is 0.818. The lowest BCUT2D eigenvalue weighted by Gasteiger charge is -2.32. The zero-order chi connectivity index (χ0) is 11.0. The Morgan fingerprint density at radius 2 is 1.88 bits per heavy atom. The lowest BCUT2D eigenvalue weighted by molar-refractivity contribution is 0.155. The van der Waals surface area contributed by atoms with Crippen LogP contribution in [0.2, 0.25) is 0 Å². The summed E-state index contributed by atoms with van der Waals surface area (Å²) in [6, 6.07) is 1.76. The van der Waals surface area contributed by atoms with Gasteiger partial charge in [0, 0.05) is 38.3 Å². The van der Waals surface area contributed by atoms with Crippen LogP contribution < -0.4 is 5.32 Å². The van der Waals surface area contributed by atoms with Crippen molar-refractivity contribution < 1.29 is 0 Å². The number of hydrogen-bond acceptors (Lipinski definition) is 3. The van der Waals surface area contributed by atoms with E-state index >= 15 is 0 Å². The summed E-state index contributed by atoms with van der Waals surface area (Å²) in [6.07, 6.45) is 4.29. The molecule has 3 fully saturated rings. The fourth-order valence-corrected chi connectivity index (χ4v) is 3.91. The van der Waals surface area contributed by atoms with Crippen LogP contribution in [0, 0.1) is 5.92 Å². The monoisotopic (exact) mass is 223 g/mol. The molecular weight excluding hydrogens is 198 g/mol. The summed E-state index contributed by atoms with van der Waals surface area (Å²) in [4.78, 5) is 5.51. The van der Waals surface area contributed by atoms with Crippen LogP contribution in [0.15, 0.2) is 0 Å². The number of fused-ring (bicyclic) bond motifs is 1. The Balaban J connectivity index is 1.66. The highest BCUT2D eigenvalue weighted by atomic mass is 15.3. The average molecular weight is 223 g/mol. The fourth-order valence-electron chi connectivity index (χ4n) is 3.91. The second kappa shape index (κ2) is 4.63. The second-order valence-electron chi connectivity index (χ2n) is 5.91. The molecule has 3 aliphatic heterocycles. The Morgan fingerprint density at radius 3 is 2.81 bits per heavy atom. The third-order valence-corrected chi connectivity index (χ3v) is 4.65. The second-order valence-corrected chi connectivity index (χ2v) is 5.91. The van der Waals surface area contributed by atoms with E-state index in [0.29, 0.717) is 0 Å². The molecule has 0 spiro atoms. The maximum absolute atomic E-state index is 3.55. The van der Waals surface area contributed by atoms with Crippen molar-refractivity contribution in [3.63, 3.8) is 0 Å². The largest absolute Gasteiger partial charge is 0.315 e. The molecule has 0 aromatic carbocycles. The molecule has 3 heteroatoms. The molecule has 0 aromatic rings. The molecule has 0 aliphatic carbocycles. The molecule has 0 aromatic heterocycles. The van der Waals surface area contributed by atoms with Crippen molar-refractivity contribution >= 4 is 0 Å². The van der Waals surface area contributed by atoms with Gasteiger partial charge in [-0.25, -0.2) is 0 Å². The quantitative estimate of drug-likeness (QED) is 0.708. The molecule has 92 valence electrons. The van der Waals surface area contributed by atoms with Crippen LogP contribution in [0.5, 0.6) is 0 Å². The molecule has 3 nitrogen and oxygen atoms in total. The SMILES string of the molecule is CC1CNCCN(C2CCN3CCCC23)C1. The van der Waals surface area contributed by atoms with Gasteiger partial charge in [0.05, 0.1) is 0 Å². The Hall–Kier alpha value is -0.120. The van der Waals surface area contributed by atoms with Gasteiger partial charge in [-0.2, -0.15) is 0 Å². The van der Waals surface area contributed by atoms with Gasteiger partial charge in [0.25, 0.3) is 0 Å². The van der Waals surface area contributed by atoms with Gasteiger partial charge in [-0.15, -0.1) is 0 Å². The van der Waals surface area contributed by atoms with E-state index in [4.69, 9.17) is 0 Å². The Morgan fingerprint density at radius 1 is 1.00 bits per heavy atom. The van der Waals surface area contributed by atoms with Gasteiger partial charge in [0.1, 0.15) is 0 Å². The first kappa shape index (κ1) is 11.0. The predicted molar refractivity (Wildman–Crippen MR) is 66.6 cm³/mol. The maximum atomic E-state index is 3.55. The van der Waals surface area contributed by atoms with Crippen molar-refractivity contribution in [2.75, 3.05) is 39.3 Å². The summed E-state index contributed by atoms with van der Waals surface area (Å²) in [7, 11) is 0. The van der Waals surface area contributed by atoms with Crippen LogP contribution in [-0.4, -0.2) is 61.2 Å². The fraction of sp³-hybridized carbons (Fsp3) is 1.00. The van der Waals surface area contributed by atoms with E-state index < -0.39 is 0 Å². The molecule has 0 bridgehead atoms. The van der Waals surface area contributed by atoms with Gasteiger partial charge in [-0.05, 0) is 38.3 Å². The standard InChI is InChI=1S/C13H25N3/c1-11-9-14-5-8-16(10-11)13-4-7-15-6-2-3-12(13)15/h11-14H,2-10H2,1H3. The number of nitrogens with zero attached hydrogens (tertiary/aromatic N) is 2. The first-order valence-electron chi connectivity index (χ1n) is 7.03. The molecule has 0 saturated carbocycles. The van der Waals surface area contributed by atoms with Gasteiger partial charge in [0.15, 0.2) is 0 Å². The molecule has 1 N–H and O–H groups in total. The molecule has 0 radical (unpaired) electrons. The maximum Gasteiger partial charge on any atom is 0.0264 e. The van der Waals surface area contributed by atoms with Gasteiger partial charge >= 0.3 is 0 Å². The molecule has 3 aliphatic rings. The molecule has 16 heavy (non-hydrogen) atoms. The summed E-state index contributed by atoms with van der Waals surface area (Å²) >= 11 is 0. The third-order valence-electron chi connectivity index (χ3n) is 4.65. The summed E-state index contributed by atoms with van der Waals surface area (Å²) in [6.45, 7) is 10.1. The lowest BCUT2D eigenvalue weighted by atomic mass is 10.0. The highest BCUT2D eigenvalue weighted by molar-refractivity contribution is 4.97. The van der Waals surface area contributed by atoms with Crippen molar-refractivity contribution in [2.45, 2.75) is 38.3 Å². The van der Waals surface area contributed by atoms with E-state index in [9.17, 15) is 0 Å². The molecule has 3 saturated heterocycles. The van der Waals surface area contributed by atoms with Gasteiger partial charge < -0.3 is 5.32 Å². The highest BCUT2D eigenvalue weighted by Gasteiger charge is 2.40. The van der Waals surface area contributed by atoms with Crippen molar-refractivity contribution in [1.29, 1.82) is 0 Å². The molecule has 3 unspecified atom stereocenters. The summed E-state index contributed by atoms with van der Waals surface area (Å²) in [5, 5.41) is 3.55. The van der Waals surface area contributed by atoms with Gasteiger partial charge in [-0.3, -0.25) is 9.80 Å². The molecule has 0 amide bonds. The Kier molecular flexibility index (Phi) is 3.18. The zero-order valence-electron chi connectivity index (χ0n) is 10.5. The first-order chi connectivity index (χ1) is 7.84. The molecular formula is C13H25N3. The van der Waals surface area contributed by atoms with Crippen molar-refractivity contribution in [3.8, 4) is 0 Å². The number of nitrogens with one attached hydrogen (secondary N) is 1. The Bertz CT molecular complexity index is 243. The van der Waals surface area contributed by atoms with E-state index in [1.165, 1.54) is 58.5 Å². The lowest BCUT2D eigenvalue weighted by Crippen LogP contribution is -2.45. The highest BCUT2D eigenvalue weighted by Crippen LogP contribution is 2.31. The molecule has 3 atom stereocenters. The molecule has 3 rings (SSSR count). The van der Waals surface area contributed by atoms with E-state index in [1.54, 1.807) is 0 Å². The Labute approximate surface area is 99.2 Å². The van der Waals surface area contributed by atoms with E-state index in [0.717, 1.165) is 18.0 Å². The minimum atomic E-state index is 0.818. The minimum Gasteiger partial charge on any atom is -0.315 e. The van der Waals surface area contributed by atoms with Gasteiger partial charge in [0.2, 0.25) is 0 Å². The van der Waals surface area contributed by atoms with Crippen molar-refractivity contribution in [1.82, 2.24) is 15.1 Å². The predicted octanol–water partition coefficient (Wildman–Crippen LogP) is 0.764. The number of rotatable bonds is 1. The number of hydrogen-bond donors (Lipinski definition) is 1. The third kappa shape index (κ3) is 2.01. The normalized spacial score (nSPS) is 42.2. The van der Waals surface area contributed by atoms with Crippen molar-refractivity contribution in [2.24, 2.45) is 5.92 Å². The van der Waals surface area contributed by atoms with Crippen LogP contribution in [-0.2, 0) is 0 Å². The van der Waals surface area contributed by atoms with Crippen LogP contribution in [0.4, 0.5) is 0 Å². The van der Waals surface area contributed by atoms with Crippen LogP contribution >= 0.6 is 0 Å². The van der Waals surface area contributed by atoms with Crippen LogP contribution in [0.1, 0.15) is 26.2 Å². The van der Waals surface area contributed by atoms with Crippen LogP contribution in [0.3, 0.4) is 0 Å². The molecule has 3 heterocycles. The average Bonchev–Trinajstić information content (AvgIpc) is 2.79. The van der Waals surface area contributed by atoms with E-state index in [2.05, 4.69) is 22.0 Å². The van der Waals surface area contributed by atoms with E-state index in [-0.39, 0.29) is 0 Å². The van der Waals surface area contributed by atoms with Crippen molar-refractivity contribution in [3.05, 3.63) is 0 Å². The van der Waals surface area contributed by atoms with Gasteiger partial charge in [-0.1, -0.05) is 6.92 Å². The van der Waals surface area contributed by atoms with Crippen LogP contribution in [0.25, 0.3) is 0 Å². The smallest absolute Gasteiger partial charge is 0.0264 e. The topological polar surface area (TPSA) is 18.5 Å². The summed E-state index contributed by atoms with van der Waals surface area (Å²) < 4.78 is 0. The summed E-state index contributed by atoms with van der Waals surface area (Å²) in [5.74, 6) is 0.818. The summed E-state index contributed by atoms with van der Waals surface area (Å²) in [5.41, 5.74) is 0. The zero-order valence-corrected chi connectivity index (χ0v) is 10.5. The first-order valence-corrected chi connectivity index (χ1v) is 7.03. The van der Waals surface area contributed by atoms with E-state index in [1.807, 2.05) is 0 Å².